The second-order valence-corrected chi connectivity index (χ2v) is 6.55. The lowest BCUT2D eigenvalue weighted by atomic mass is 9.98. The van der Waals surface area contributed by atoms with Crippen LogP contribution in [0.1, 0.15) is 42.3 Å². The number of carbonyl (C=O) groups excluding carboxylic acids is 1. The molecule has 0 aliphatic rings. The third-order valence-corrected chi connectivity index (χ3v) is 4.53. The van der Waals surface area contributed by atoms with E-state index in [1.165, 1.54) is 0 Å². The Hall–Kier alpha value is -2.86. The monoisotopic (exact) mass is 368 g/mol. The molecule has 1 heterocycles. The number of thiocarbonyl (C=S) groups is 1. The van der Waals surface area contributed by atoms with E-state index in [-0.39, 0.29) is 16.6 Å². The van der Waals surface area contributed by atoms with Crippen LogP contribution in [0, 0.1) is 0 Å². The number of hydrogen-bond donors (Lipinski definition) is 3. The SMILES string of the molecule is CC[C@H](C)c1ccc(O)c(NC(=S)NC(=O)c2cc3ccccc3o2)c1. The van der Waals surface area contributed by atoms with E-state index >= 15 is 0 Å². The number of rotatable bonds is 4. The van der Waals surface area contributed by atoms with Crippen LogP contribution in [-0.2, 0) is 0 Å². The Morgan fingerprint density at radius 3 is 2.73 bits per heavy atom. The first kappa shape index (κ1) is 17.9. The molecule has 0 unspecified atom stereocenters. The fourth-order valence-electron chi connectivity index (χ4n) is 2.61. The van der Waals surface area contributed by atoms with Gasteiger partial charge in [-0.3, -0.25) is 10.1 Å². The molecule has 1 atom stereocenters. The number of aromatic hydroxyl groups is 1. The maximum Gasteiger partial charge on any atom is 0.293 e. The van der Waals surface area contributed by atoms with Gasteiger partial charge in [-0.15, -0.1) is 0 Å². The van der Waals surface area contributed by atoms with Crippen molar-refractivity contribution in [2.45, 2.75) is 26.2 Å². The molecule has 3 N–H and O–H groups in total. The van der Waals surface area contributed by atoms with Crippen molar-refractivity contribution in [2.75, 3.05) is 5.32 Å². The summed E-state index contributed by atoms with van der Waals surface area (Å²) in [6.07, 6.45) is 0.984. The van der Waals surface area contributed by atoms with Crippen LogP contribution in [0.4, 0.5) is 5.69 Å². The Bertz CT molecular complexity index is 932. The quantitative estimate of drug-likeness (QED) is 0.456. The number of hydrogen-bond acceptors (Lipinski definition) is 4. The minimum absolute atomic E-state index is 0.0670. The molecule has 134 valence electrons. The highest BCUT2D eigenvalue weighted by Gasteiger charge is 2.15. The van der Waals surface area contributed by atoms with Gasteiger partial charge in [-0.1, -0.05) is 38.1 Å². The molecule has 1 aromatic heterocycles. The maximum atomic E-state index is 12.3. The minimum Gasteiger partial charge on any atom is -0.506 e. The number of furan rings is 1. The molecule has 0 bridgehead atoms. The molecule has 0 saturated heterocycles. The van der Waals surface area contributed by atoms with E-state index in [1.54, 1.807) is 18.2 Å². The van der Waals surface area contributed by atoms with Crippen LogP contribution in [0.2, 0.25) is 0 Å². The van der Waals surface area contributed by atoms with E-state index in [1.807, 2.05) is 30.3 Å². The number of fused-ring (bicyclic) bond motifs is 1. The van der Waals surface area contributed by atoms with Crippen molar-refractivity contribution in [3.63, 3.8) is 0 Å². The Morgan fingerprint density at radius 1 is 1.23 bits per heavy atom. The van der Waals surface area contributed by atoms with Crippen LogP contribution >= 0.6 is 12.2 Å². The van der Waals surface area contributed by atoms with Crippen molar-refractivity contribution >= 4 is 39.9 Å². The first-order chi connectivity index (χ1) is 12.5. The van der Waals surface area contributed by atoms with Crippen molar-refractivity contribution in [3.8, 4) is 5.75 Å². The van der Waals surface area contributed by atoms with Crippen molar-refractivity contribution in [3.05, 3.63) is 59.9 Å². The van der Waals surface area contributed by atoms with E-state index in [9.17, 15) is 9.90 Å². The Balaban J connectivity index is 1.71. The summed E-state index contributed by atoms with van der Waals surface area (Å²) >= 11 is 5.19. The number of anilines is 1. The molecule has 1 amide bonds. The summed E-state index contributed by atoms with van der Waals surface area (Å²) in [4.78, 5) is 12.3. The van der Waals surface area contributed by atoms with E-state index in [4.69, 9.17) is 16.6 Å². The predicted octanol–water partition coefficient (Wildman–Crippen LogP) is 4.78. The summed E-state index contributed by atoms with van der Waals surface area (Å²) < 4.78 is 5.52. The first-order valence-electron chi connectivity index (χ1n) is 8.41. The van der Waals surface area contributed by atoms with Crippen LogP contribution in [-0.4, -0.2) is 16.1 Å². The van der Waals surface area contributed by atoms with Gasteiger partial charge >= 0.3 is 0 Å². The van der Waals surface area contributed by atoms with Gasteiger partial charge < -0.3 is 14.8 Å². The molecule has 3 aromatic rings. The van der Waals surface area contributed by atoms with Crippen molar-refractivity contribution in [2.24, 2.45) is 0 Å². The average Bonchev–Trinajstić information content (AvgIpc) is 3.07. The fraction of sp³-hybridized carbons (Fsp3) is 0.200. The summed E-state index contributed by atoms with van der Waals surface area (Å²) in [6.45, 7) is 4.21. The Kier molecular flexibility index (Phi) is 5.23. The molecular formula is C20H20N2O3S. The number of amides is 1. The summed E-state index contributed by atoms with van der Waals surface area (Å²) in [5, 5.41) is 16.4. The largest absolute Gasteiger partial charge is 0.506 e. The van der Waals surface area contributed by atoms with Crippen LogP contribution in [0.3, 0.4) is 0 Å². The van der Waals surface area contributed by atoms with E-state index in [0.29, 0.717) is 17.2 Å². The predicted molar refractivity (Wildman–Crippen MR) is 107 cm³/mol. The number of phenols is 1. The van der Waals surface area contributed by atoms with E-state index in [2.05, 4.69) is 24.5 Å². The van der Waals surface area contributed by atoms with Gasteiger partial charge in [-0.05, 0) is 54.4 Å². The normalized spacial score (nSPS) is 11.9. The van der Waals surface area contributed by atoms with Gasteiger partial charge in [0.1, 0.15) is 11.3 Å². The van der Waals surface area contributed by atoms with E-state index < -0.39 is 5.91 Å². The zero-order valence-corrected chi connectivity index (χ0v) is 15.4. The number of para-hydroxylation sites is 1. The molecule has 0 aliphatic carbocycles. The zero-order valence-electron chi connectivity index (χ0n) is 14.6. The molecule has 0 spiro atoms. The lowest BCUT2D eigenvalue weighted by Gasteiger charge is -2.14. The molecule has 3 rings (SSSR count). The molecule has 2 aromatic carbocycles. The zero-order chi connectivity index (χ0) is 18.7. The van der Waals surface area contributed by atoms with Crippen molar-refractivity contribution in [1.29, 1.82) is 0 Å². The van der Waals surface area contributed by atoms with Crippen molar-refractivity contribution < 1.29 is 14.3 Å². The summed E-state index contributed by atoms with van der Waals surface area (Å²) in [5.41, 5.74) is 2.17. The molecule has 6 heteroatoms. The average molecular weight is 368 g/mol. The van der Waals surface area contributed by atoms with Gasteiger partial charge in [0, 0.05) is 5.39 Å². The van der Waals surface area contributed by atoms with Crippen molar-refractivity contribution in [1.82, 2.24) is 5.32 Å². The molecule has 0 saturated carbocycles. The van der Waals surface area contributed by atoms with Gasteiger partial charge in [-0.2, -0.15) is 0 Å². The van der Waals surface area contributed by atoms with Crippen LogP contribution in [0.5, 0.6) is 5.75 Å². The number of nitrogens with one attached hydrogen (secondary N) is 2. The molecule has 0 fully saturated rings. The number of phenolic OH excluding ortho intramolecular Hbond substituents is 1. The maximum absolute atomic E-state index is 12.3. The third-order valence-electron chi connectivity index (χ3n) is 4.33. The Morgan fingerprint density at radius 2 is 2.00 bits per heavy atom. The highest BCUT2D eigenvalue weighted by atomic mass is 32.1. The summed E-state index contributed by atoms with van der Waals surface area (Å²) in [7, 11) is 0. The number of carbonyl (C=O) groups is 1. The highest BCUT2D eigenvalue weighted by molar-refractivity contribution is 7.80. The third kappa shape index (κ3) is 3.86. The van der Waals surface area contributed by atoms with Crippen LogP contribution in [0.25, 0.3) is 11.0 Å². The lowest BCUT2D eigenvalue weighted by molar-refractivity contribution is 0.0953. The van der Waals surface area contributed by atoms with Gasteiger partial charge in [0.15, 0.2) is 10.9 Å². The second kappa shape index (κ2) is 7.58. The summed E-state index contributed by atoms with van der Waals surface area (Å²) in [5.74, 6) is 0.149. The van der Waals surface area contributed by atoms with Crippen LogP contribution in [0.15, 0.2) is 52.9 Å². The standard InChI is InChI=1S/C20H20N2O3S/c1-3-12(2)13-8-9-16(23)15(10-13)21-20(26)22-19(24)18-11-14-6-4-5-7-17(14)25-18/h4-12,23H,3H2,1-2H3,(H2,21,22,24,26)/t12-/m0/s1. The van der Waals surface area contributed by atoms with Gasteiger partial charge in [-0.25, -0.2) is 0 Å². The molecule has 0 aliphatic heterocycles. The van der Waals surface area contributed by atoms with Crippen LogP contribution < -0.4 is 10.6 Å². The molecule has 26 heavy (non-hydrogen) atoms. The molecular weight excluding hydrogens is 348 g/mol. The first-order valence-corrected chi connectivity index (χ1v) is 8.82. The lowest BCUT2D eigenvalue weighted by Crippen LogP contribution is -2.33. The minimum atomic E-state index is -0.448. The van der Waals surface area contributed by atoms with Gasteiger partial charge in [0.05, 0.1) is 5.69 Å². The highest BCUT2D eigenvalue weighted by Crippen LogP contribution is 2.29. The smallest absolute Gasteiger partial charge is 0.293 e. The van der Waals surface area contributed by atoms with E-state index in [0.717, 1.165) is 17.4 Å². The number of benzene rings is 2. The topological polar surface area (TPSA) is 74.5 Å². The Labute approximate surface area is 157 Å². The summed E-state index contributed by atoms with van der Waals surface area (Å²) in [6, 6.07) is 14.4. The fourth-order valence-corrected chi connectivity index (χ4v) is 2.81. The molecule has 5 nitrogen and oxygen atoms in total. The van der Waals surface area contributed by atoms with Gasteiger partial charge in [0.2, 0.25) is 0 Å². The molecule has 0 radical (unpaired) electrons. The van der Waals surface area contributed by atoms with Gasteiger partial charge in [0.25, 0.3) is 5.91 Å². The second-order valence-electron chi connectivity index (χ2n) is 6.14.